The Labute approximate surface area is 181 Å². The predicted molar refractivity (Wildman–Crippen MR) is 119 cm³/mol. The molecule has 0 bridgehead atoms. The fourth-order valence-corrected chi connectivity index (χ4v) is 5.97. The Morgan fingerprint density at radius 1 is 1.26 bits per heavy atom. The highest BCUT2D eigenvalue weighted by atomic mass is 32.2. The maximum Gasteiger partial charge on any atom is 0.269 e. The number of likely N-dealkylation sites (N-methyl/N-ethyl adjacent to an activating group) is 1. The molecule has 8 heteroatoms. The first-order valence-corrected chi connectivity index (χ1v) is 11.7. The van der Waals surface area contributed by atoms with Crippen LogP contribution in [0.4, 0.5) is 5.69 Å². The maximum absolute atomic E-state index is 13.3. The van der Waals surface area contributed by atoms with Crippen LogP contribution >= 0.6 is 0 Å². The van der Waals surface area contributed by atoms with Crippen LogP contribution in [0.25, 0.3) is 11.0 Å². The lowest BCUT2D eigenvalue weighted by atomic mass is 10.0. The minimum Gasteiger partial charge on any atom is -0.366 e. The van der Waals surface area contributed by atoms with Crippen molar-refractivity contribution in [2.24, 2.45) is 5.92 Å². The number of nitriles is 1. The van der Waals surface area contributed by atoms with Gasteiger partial charge in [0.25, 0.3) is 10.0 Å². The van der Waals surface area contributed by atoms with Gasteiger partial charge in [-0.25, -0.2) is 17.4 Å². The Hall–Kier alpha value is -3.15. The van der Waals surface area contributed by atoms with Gasteiger partial charge in [-0.2, -0.15) is 5.26 Å². The van der Waals surface area contributed by atoms with Gasteiger partial charge in [0, 0.05) is 44.0 Å². The Morgan fingerprint density at radius 3 is 2.74 bits per heavy atom. The molecule has 1 aliphatic carbocycles. The Morgan fingerprint density at radius 2 is 2.03 bits per heavy atom. The molecule has 31 heavy (non-hydrogen) atoms. The third-order valence-corrected chi connectivity index (χ3v) is 8.06. The molecule has 0 saturated carbocycles. The number of nitrogens with one attached hydrogen (secondary N) is 1. The summed E-state index contributed by atoms with van der Waals surface area (Å²) in [6.07, 6.45) is 6.25. The van der Waals surface area contributed by atoms with Crippen molar-refractivity contribution >= 4 is 26.7 Å². The smallest absolute Gasteiger partial charge is 0.269 e. The summed E-state index contributed by atoms with van der Waals surface area (Å²) in [5.41, 5.74) is 3.89. The van der Waals surface area contributed by atoms with Crippen molar-refractivity contribution in [1.82, 2.24) is 14.3 Å². The Kier molecular flexibility index (Phi) is 4.61. The standard InChI is InChI=1S/C23H23N5O2S/c1-15-3-5-20(6-4-15)31(29,30)28-8-7-21-22(18(11-24)14-26-23(21)28)27(2)19-9-16-12-25-13-17(16)10-19/h3-9,14,17,19,25H,10,12-13H2,1-2H3. The van der Waals surface area contributed by atoms with Crippen molar-refractivity contribution in [1.29, 1.82) is 5.26 Å². The van der Waals surface area contributed by atoms with Gasteiger partial charge in [-0.3, -0.25) is 0 Å². The van der Waals surface area contributed by atoms with E-state index in [1.165, 1.54) is 21.9 Å². The van der Waals surface area contributed by atoms with Gasteiger partial charge in [0.1, 0.15) is 6.07 Å². The zero-order valence-corrected chi connectivity index (χ0v) is 18.2. The second-order valence-corrected chi connectivity index (χ2v) is 10.1. The van der Waals surface area contributed by atoms with E-state index in [-0.39, 0.29) is 10.9 Å². The van der Waals surface area contributed by atoms with E-state index in [0.29, 0.717) is 22.5 Å². The third-order valence-electron chi connectivity index (χ3n) is 6.38. The van der Waals surface area contributed by atoms with E-state index in [9.17, 15) is 13.7 Å². The Balaban J connectivity index is 1.62. The molecule has 1 fully saturated rings. The molecule has 1 aliphatic heterocycles. The van der Waals surface area contributed by atoms with Gasteiger partial charge >= 0.3 is 0 Å². The van der Waals surface area contributed by atoms with Crippen molar-refractivity contribution in [3.8, 4) is 6.07 Å². The normalized spacial score (nSPS) is 20.5. The summed E-state index contributed by atoms with van der Waals surface area (Å²) in [5.74, 6) is 0.529. The van der Waals surface area contributed by atoms with Gasteiger partial charge in [0.05, 0.1) is 16.1 Å². The van der Waals surface area contributed by atoms with Gasteiger partial charge in [-0.05, 0) is 37.5 Å². The first kappa shape index (κ1) is 19.8. The van der Waals surface area contributed by atoms with Crippen LogP contribution in [0, 0.1) is 24.2 Å². The number of hydrogen-bond acceptors (Lipinski definition) is 6. The average molecular weight is 434 g/mol. The van der Waals surface area contributed by atoms with E-state index in [0.717, 1.165) is 30.8 Å². The molecule has 3 aromatic rings. The fourth-order valence-electron chi connectivity index (χ4n) is 4.67. The first-order valence-electron chi connectivity index (χ1n) is 10.3. The Bertz CT molecular complexity index is 1350. The SMILES string of the molecule is Cc1ccc(S(=O)(=O)n2ccc3c(N(C)C4C=C5CNCC5C4)c(C#N)cnc32)cc1. The minimum absolute atomic E-state index is 0.164. The number of aryl methyl sites for hydroxylation is 1. The van der Waals surface area contributed by atoms with E-state index >= 15 is 0 Å². The molecule has 2 unspecified atom stereocenters. The fraction of sp³-hybridized carbons (Fsp3) is 0.304. The number of rotatable bonds is 4. The van der Waals surface area contributed by atoms with Crippen LogP contribution in [0.15, 0.2) is 59.3 Å². The van der Waals surface area contributed by atoms with Crippen LogP contribution in [-0.2, 0) is 10.0 Å². The molecule has 1 saturated heterocycles. The number of fused-ring (bicyclic) bond motifs is 2. The quantitative estimate of drug-likeness (QED) is 0.636. The molecule has 158 valence electrons. The molecule has 2 aromatic heterocycles. The number of anilines is 1. The van der Waals surface area contributed by atoms with Crippen molar-refractivity contribution in [3.05, 3.63) is 65.5 Å². The number of nitrogens with zero attached hydrogens (tertiary/aromatic N) is 4. The number of aromatic nitrogens is 2. The van der Waals surface area contributed by atoms with E-state index in [1.54, 1.807) is 30.3 Å². The topological polar surface area (TPSA) is 91.0 Å². The molecular formula is C23H23N5O2S. The molecule has 5 rings (SSSR count). The van der Waals surface area contributed by atoms with Gasteiger partial charge in [0.2, 0.25) is 0 Å². The van der Waals surface area contributed by atoms with E-state index in [2.05, 4.69) is 27.3 Å². The van der Waals surface area contributed by atoms with Gasteiger partial charge in [-0.15, -0.1) is 0 Å². The van der Waals surface area contributed by atoms with Gasteiger partial charge < -0.3 is 10.2 Å². The molecule has 1 aromatic carbocycles. The molecular weight excluding hydrogens is 410 g/mol. The van der Waals surface area contributed by atoms with E-state index in [4.69, 9.17) is 0 Å². The second kappa shape index (κ2) is 7.22. The maximum atomic E-state index is 13.3. The zero-order chi connectivity index (χ0) is 21.8. The lowest BCUT2D eigenvalue weighted by Gasteiger charge is -2.28. The predicted octanol–water partition coefficient (Wildman–Crippen LogP) is 2.81. The van der Waals surface area contributed by atoms with Gasteiger partial charge in [0.15, 0.2) is 5.65 Å². The summed E-state index contributed by atoms with van der Waals surface area (Å²) in [4.78, 5) is 6.66. The van der Waals surface area contributed by atoms with Crippen molar-refractivity contribution in [2.45, 2.75) is 24.3 Å². The molecule has 2 aliphatic rings. The lowest BCUT2D eigenvalue weighted by molar-refractivity contribution is 0.577. The van der Waals surface area contributed by atoms with Crippen molar-refractivity contribution in [3.63, 3.8) is 0 Å². The summed E-state index contributed by atoms with van der Waals surface area (Å²) in [7, 11) is -1.83. The summed E-state index contributed by atoms with van der Waals surface area (Å²) in [6.45, 7) is 3.81. The summed E-state index contributed by atoms with van der Waals surface area (Å²) in [6, 6.07) is 10.9. The van der Waals surface area contributed by atoms with Crippen LogP contribution in [0.1, 0.15) is 17.5 Å². The molecule has 7 nitrogen and oxygen atoms in total. The lowest BCUT2D eigenvalue weighted by Crippen LogP contribution is -2.31. The van der Waals surface area contributed by atoms with Crippen LogP contribution < -0.4 is 10.2 Å². The number of benzene rings is 1. The molecule has 0 spiro atoms. The highest BCUT2D eigenvalue weighted by Crippen LogP contribution is 2.37. The minimum atomic E-state index is -3.80. The van der Waals surface area contributed by atoms with Crippen molar-refractivity contribution in [2.75, 3.05) is 25.0 Å². The van der Waals surface area contributed by atoms with E-state index in [1.807, 2.05) is 14.0 Å². The van der Waals surface area contributed by atoms with E-state index < -0.39 is 10.0 Å². The summed E-state index contributed by atoms with van der Waals surface area (Å²) in [5, 5.41) is 13.8. The van der Waals surface area contributed by atoms with Crippen LogP contribution in [-0.4, -0.2) is 43.6 Å². The molecule has 3 heterocycles. The van der Waals surface area contributed by atoms with Crippen molar-refractivity contribution < 1.29 is 8.42 Å². The van der Waals surface area contributed by atoms with Crippen LogP contribution in [0.3, 0.4) is 0 Å². The molecule has 0 radical (unpaired) electrons. The zero-order valence-electron chi connectivity index (χ0n) is 17.4. The monoisotopic (exact) mass is 433 g/mol. The summed E-state index contributed by atoms with van der Waals surface area (Å²) >= 11 is 0. The highest BCUT2D eigenvalue weighted by molar-refractivity contribution is 7.90. The van der Waals surface area contributed by atoms with Crippen LogP contribution in [0.2, 0.25) is 0 Å². The second-order valence-electron chi connectivity index (χ2n) is 8.28. The van der Waals surface area contributed by atoms with Crippen LogP contribution in [0.5, 0.6) is 0 Å². The largest absolute Gasteiger partial charge is 0.366 e. The summed E-state index contributed by atoms with van der Waals surface area (Å²) < 4.78 is 27.8. The number of hydrogen-bond donors (Lipinski definition) is 1. The third kappa shape index (κ3) is 3.12. The molecule has 0 amide bonds. The first-order chi connectivity index (χ1) is 14.9. The number of pyridine rings is 1. The molecule has 1 N–H and O–H groups in total. The van der Waals surface area contributed by atoms with Gasteiger partial charge in [-0.1, -0.05) is 29.3 Å². The molecule has 2 atom stereocenters. The average Bonchev–Trinajstić information content (AvgIpc) is 3.47. The highest BCUT2D eigenvalue weighted by Gasteiger charge is 2.33.